The van der Waals surface area contributed by atoms with Gasteiger partial charge < -0.3 is 15.7 Å². The molecule has 0 aromatic carbocycles. The molecule has 0 radical (unpaired) electrons. The third kappa shape index (κ3) is 3.42. The summed E-state index contributed by atoms with van der Waals surface area (Å²) in [6, 6.07) is 0.364. The Labute approximate surface area is 103 Å². The molecule has 1 amide bonds. The number of nitrogens with one attached hydrogen (secondary N) is 2. The van der Waals surface area contributed by atoms with E-state index < -0.39 is 0 Å². The van der Waals surface area contributed by atoms with Gasteiger partial charge in [-0.25, -0.2) is 0 Å². The fourth-order valence-corrected chi connectivity index (χ4v) is 3.03. The van der Waals surface area contributed by atoms with Crippen LogP contribution in [0.4, 0.5) is 0 Å². The van der Waals surface area contributed by atoms with Gasteiger partial charge in [0.2, 0.25) is 5.91 Å². The first kappa shape index (κ1) is 12.8. The van der Waals surface area contributed by atoms with Gasteiger partial charge in [-0.3, -0.25) is 4.79 Å². The second-order valence-corrected chi connectivity index (χ2v) is 5.64. The number of aliphatic hydroxyl groups excluding tert-OH is 1. The summed E-state index contributed by atoms with van der Waals surface area (Å²) in [5.41, 5.74) is -0.0290. The predicted molar refractivity (Wildman–Crippen MR) is 66.6 cm³/mol. The summed E-state index contributed by atoms with van der Waals surface area (Å²) in [6.07, 6.45) is 7.33. The van der Waals surface area contributed by atoms with Gasteiger partial charge in [-0.15, -0.1) is 0 Å². The van der Waals surface area contributed by atoms with Crippen molar-refractivity contribution in [1.29, 1.82) is 0 Å². The normalized spacial score (nSPS) is 27.2. The topological polar surface area (TPSA) is 61.4 Å². The minimum absolute atomic E-state index is 0.0290. The molecule has 98 valence electrons. The molecule has 1 unspecified atom stereocenters. The molecule has 2 fully saturated rings. The van der Waals surface area contributed by atoms with Crippen LogP contribution in [-0.2, 0) is 4.79 Å². The molecule has 17 heavy (non-hydrogen) atoms. The number of rotatable bonds is 5. The van der Waals surface area contributed by atoms with Crippen molar-refractivity contribution in [3.8, 4) is 0 Å². The summed E-state index contributed by atoms with van der Waals surface area (Å²) in [4.78, 5) is 11.8. The lowest BCUT2D eigenvalue weighted by Crippen LogP contribution is -2.40. The van der Waals surface area contributed by atoms with Gasteiger partial charge in [0.05, 0.1) is 6.61 Å². The van der Waals surface area contributed by atoms with Gasteiger partial charge in [0.25, 0.3) is 0 Å². The van der Waals surface area contributed by atoms with Crippen molar-refractivity contribution in [2.45, 2.75) is 51.0 Å². The monoisotopic (exact) mass is 240 g/mol. The summed E-state index contributed by atoms with van der Waals surface area (Å²) in [5, 5.41) is 15.8. The summed E-state index contributed by atoms with van der Waals surface area (Å²) < 4.78 is 0. The van der Waals surface area contributed by atoms with Crippen LogP contribution in [0.1, 0.15) is 44.9 Å². The molecule has 0 aromatic heterocycles. The van der Waals surface area contributed by atoms with Crippen LogP contribution in [0.5, 0.6) is 0 Å². The first-order valence-electron chi connectivity index (χ1n) is 6.85. The van der Waals surface area contributed by atoms with Crippen molar-refractivity contribution in [2.24, 2.45) is 5.41 Å². The zero-order chi connectivity index (χ0) is 12.1. The first-order chi connectivity index (χ1) is 8.24. The van der Waals surface area contributed by atoms with Crippen LogP contribution >= 0.6 is 0 Å². The van der Waals surface area contributed by atoms with Gasteiger partial charge in [0, 0.05) is 24.4 Å². The fraction of sp³-hybridized carbons (Fsp3) is 0.923. The maximum atomic E-state index is 11.8. The standard InChI is InChI=1S/C13H24N2O2/c16-10-13(5-1-2-6-13)9-15-12(17)8-11-4-3-7-14-11/h11,14,16H,1-10H2,(H,15,17). The number of carbonyl (C=O) groups is 1. The van der Waals surface area contributed by atoms with Crippen LogP contribution in [-0.4, -0.2) is 36.8 Å². The summed E-state index contributed by atoms with van der Waals surface area (Å²) in [5.74, 6) is 0.129. The lowest BCUT2D eigenvalue weighted by Gasteiger charge is -2.26. The molecule has 3 N–H and O–H groups in total. The Bertz CT molecular complexity index is 256. The van der Waals surface area contributed by atoms with Crippen molar-refractivity contribution in [3.63, 3.8) is 0 Å². The van der Waals surface area contributed by atoms with E-state index in [4.69, 9.17) is 0 Å². The molecule has 0 aromatic rings. The van der Waals surface area contributed by atoms with E-state index in [1.54, 1.807) is 0 Å². The minimum atomic E-state index is -0.0290. The minimum Gasteiger partial charge on any atom is -0.396 e. The van der Waals surface area contributed by atoms with Gasteiger partial charge >= 0.3 is 0 Å². The van der Waals surface area contributed by atoms with Gasteiger partial charge in [0.1, 0.15) is 0 Å². The third-order valence-corrected chi connectivity index (χ3v) is 4.25. The van der Waals surface area contributed by atoms with E-state index in [2.05, 4.69) is 10.6 Å². The van der Waals surface area contributed by atoms with Crippen LogP contribution < -0.4 is 10.6 Å². The summed E-state index contributed by atoms with van der Waals surface area (Å²) in [6.45, 7) is 1.89. The molecule has 1 heterocycles. The lowest BCUT2D eigenvalue weighted by atomic mass is 9.87. The van der Waals surface area contributed by atoms with Crippen molar-refractivity contribution in [1.82, 2.24) is 10.6 Å². The summed E-state index contributed by atoms with van der Waals surface area (Å²) >= 11 is 0. The molecule has 1 aliphatic heterocycles. The average molecular weight is 240 g/mol. The van der Waals surface area contributed by atoms with Gasteiger partial charge in [-0.2, -0.15) is 0 Å². The Morgan fingerprint density at radius 1 is 1.35 bits per heavy atom. The van der Waals surface area contributed by atoms with E-state index in [1.165, 1.54) is 19.3 Å². The molecular formula is C13H24N2O2. The number of amides is 1. The zero-order valence-corrected chi connectivity index (χ0v) is 10.5. The maximum Gasteiger partial charge on any atom is 0.221 e. The quantitative estimate of drug-likeness (QED) is 0.666. The second-order valence-electron chi connectivity index (χ2n) is 5.64. The summed E-state index contributed by atoms with van der Waals surface area (Å²) in [7, 11) is 0. The highest BCUT2D eigenvalue weighted by Gasteiger charge is 2.33. The van der Waals surface area contributed by atoms with E-state index in [9.17, 15) is 9.90 Å². The zero-order valence-electron chi connectivity index (χ0n) is 10.5. The van der Waals surface area contributed by atoms with Crippen LogP contribution in [0.15, 0.2) is 0 Å². The van der Waals surface area contributed by atoms with E-state index in [1.807, 2.05) is 0 Å². The largest absolute Gasteiger partial charge is 0.396 e. The van der Waals surface area contributed by atoms with Crippen molar-refractivity contribution in [2.75, 3.05) is 19.7 Å². The molecule has 1 aliphatic carbocycles. The SMILES string of the molecule is O=C(CC1CCCN1)NCC1(CO)CCCC1. The fourth-order valence-electron chi connectivity index (χ4n) is 3.03. The van der Waals surface area contributed by atoms with Crippen molar-refractivity contribution in [3.05, 3.63) is 0 Å². The Kier molecular flexibility index (Phi) is 4.40. The Balaban J connectivity index is 1.71. The Morgan fingerprint density at radius 3 is 2.71 bits per heavy atom. The smallest absolute Gasteiger partial charge is 0.221 e. The van der Waals surface area contributed by atoms with Crippen LogP contribution in [0.2, 0.25) is 0 Å². The molecule has 4 heteroatoms. The van der Waals surface area contributed by atoms with Crippen LogP contribution in [0, 0.1) is 5.41 Å². The predicted octanol–water partition coefficient (Wildman–Crippen LogP) is 0.797. The van der Waals surface area contributed by atoms with Crippen molar-refractivity contribution < 1.29 is 9.90 Å². The van der Waals surface area contributed by atoms with E-state index in [0.29, 0.717) is 19.0 Å². The molecule has 4 nitrogen and oxygen atoms in total. The second kappa shape index (κ2) is 5.83. The highest BCUT2D eigenvalue weighted by atomic mass is 16.3. The molecule has 1 saturated heterocycles. The molecule has 1 atom stereocenters. The maximum absolute atomic E-state index is 11.8. The van der Waals surface area contributed by atoms with Crippen LogP contribution in [0.3, 0.4) is 0 Å². The van der Waals surface area contributed by atoms with Gasteiger partial charge in [-0.05, 0) is 32.2 Å². The highest BCUT2D eigenvalue weighted by molar-refractivity contribution is 5.76. The molecule has 0 spiro atoms. The first-order valence-corrected chi connectivity index (χ1v) is 6.85. The number of hydrogen-bond donors (Lipinski definition) is 3. The molecule has 2 rings (SSSR count). The number of carbonyl (C=O) groups excluding carboxylic acids is 1. The van der Waals surface area contributed by atoms with Crippen LogP contribution in [0.25, 0.3) is 0 Å². The molecule has 2 aliphatic rings. The third-order valence-electron chi connectivity index (χ3n) is 4.25. The average Bonchev–Trinajstić information content (AvgIpc) is 2.98. The Hall–Kier alpha value is -0.610. The highest BCUT2D eigenvalue weighted by Crippen LogP contribution is 2.36. The van der Waals surface area contributed by atoms with Crippen molar-refractivity contribution >= 4 is 5.91 Å². The molecular weight excluding hydrogens is 216 g/mol. The Morgan fingerprint density at radius 2 is 2.12 bits per heavy atom. The van der Waals surface area contributed by atoms with E-state index in [-0.39, 0.29) is 17.9 Å². The lowest BCUT2D eigenvalue weighted by molar-refractivity contribution is -0.122. The van der Waals surface area contributed by atoms with E-state index >= 15 is 0 Å². The molecule has 0 bridgehead atoms. The van der Waals surface area contributed by atoms with Gasteiger partial charge in [0.15, 0.2) is 0 Å². The van der Waals surface area contributed by atoms with Gasteiger partial charge in [-0.1, -0.05) is 12.8 Å². The number of aliphatic hydroxyl groups is 1. The molecule has 1 saturated carbocycles. The van der Waals surface area contributed by atoms with E-state index in [0.717, 1.165) is 25.8 Å². The number of hydrogen-bond acceptors (Lipinski definition) is 3.